The molecule has 0 bridgehead atoms. The zero-order chi connectivity index (χ0) is 18.9. The molecule has 0 fully saturated rings. The molecule has 0 atom stereocenters. The van der Waals surface area contributed by atoms with Crippen molar-refractivity contribution in [2.45, 2.75) is 19.8 Å². The highest BCUT2D eigenvalue weighted by atomic mass is 127. The summed E-state index contributed by atoms with van der Waals surface area (Å²) in [7, 11) is 1.70. The van der Waals surface area contributed by atoms with Crippen molar-refractivity contribution in [3.8, 4) is 17.2 Å². The highest BCUT2D eigenvalue weighted by molar-refractivity contribution is 14.0. The Morgan fingerprint density at radius 2 is 1.89 bits per heavy atom. The van der Waals surface area contributed by atoms with E-state index < -0.39 is 0 Å². The van der Waals surface area contributed by atoms with Gasteiger partial charge in [-0.3, -0.25) is 4.99 Å². The SMILES string of the molecule is CCNC(=NCCc1ccccc1OC)NCCc1ccc2c(c1)OCO2.I. The Morgan fingerprint density at radius 1 is 1.07 bits per heavy atom. The van der Waals surface area contributed by atoms with E-state index in [1.54, 1.807) is 7.11 Å². The summed E-state index contributed by atoms with van der Waals surface area (Å²) in [5.74, 6) is 3.38. The van der Waals surface area contributed by atoms with Crippen LogP contribution in [0.15, 0.2) is 47.5 Å². The number of rotatable bonds is 8. The molecule has 0 unspecified atom stereocenters. The first-order chi connectivity index (χ1) is 13.3. The van der Waals surface area contributed by atoms with Crippen molar-refractivity contribution in [3.63, 3.8) is 0 Å². The monoisotopic (exact) mass is 497 g/mol. The average molecular weight is 497 g/mol. The van der Waals surface area contributed by atoms with E-state index in [0.717, 1.165) is 49.1 Å². The van der Waals surface area contributed by atoms with E-state index in [2.05, 4.69) is 34.7 Å². The maximum atomic E-state index is 5.43. The molecular weight excluding hydrogens is 469 g/mol. The van der Waals surface area contributed by atoms with Crippen molar-refractivity contribution in [1.82, 2.24) is 10.6 Å². The minimum atomic E-state index is 0. The summed E-state index contributed by atoms with van der Waals surface area (Å²) >= 11 is 0. The van der Waals surface area contributed by atoms with Crippen LogP contribution in [-0.2, 0) is 12.8 Å². The van der Waals surface area contributed by atoms with Gasteiger partial charge in [0.05, 0.1) is 7.11 Å². The number of fused-ring (bicyclic) bond motifs is 1. The third kappa shape index (κ3) is 6.19. The van der Waals surface area contributed by atoms with Crippen LogP contribution in [0, 0.1) is 0 Å². The molecule has 0 saturated heterocycles. The molecule has 2 aromatic rings. The summed E-state index contributed by atoms with van der Waals surface area (Å²) in [6, 6.07) is 14.1. The number of nitrogens with one attached hydrogen (secondary N) is 2. The molecule has 152 valence electrons. The second-order valence-corrected chi connectivity index (χ2v) is 6.19. The van der Waals surface area contributed by atoms with Crippen molar-refractivity contribution in [2.24, 2.45) is 4.99 Å². The third-order valence-corrected chi connectivity index (χ3v) is 4.33. The predicted molar refractivity (Wildman–Crippen MR) is 122 cm³/mol. The fourth-order valence-corrected chi connectivity index (χ4v) is 2.96. The predicted octanol–water partition coefficient (Wildman–Crippen LogP) is 3.38. The van der Waals surface area contributed by atoms with Crippen LogP contribution in [0.3, 0.4) is 0 Å². The van der Waals surface area contributed by atoms with Gasteiger partial charge in [-0.2, -0.15) is 0 Å². The number of halogens is 1. The minimum Gasteiger partial charge on any atom is -0.496 e. The molecular formula is C21H28IN3O3. The Kier molecular flexibility index (Phi) is 9.19. The van der Waals surface area contributed by atoms with Crippen LogP contribution in [0.1, 0.15) is 18.1 Å². The van der Waals surface area contributed by atoms with Gasteiger partial charge in [-0.25, -0.2) is 0 Å². The zero-order valence-electron chi connectivity index (χ0n) is 16.4. The maximum Gasteiger partial charge on any atom is 0.231 e. The Morgan fingerprint density at radius 3 is 2.71 bits per heavy atom. The Balaban J connectivity index is 0.00000280. The summed E-state index contributed by atoms with van der Waals surface area (Å²) < 4.78 is 16.2. The maximum absolute atomic E-state index is 5.43. The van der Waals surface area contributed by atoms with Crippen molar-refractivity contribution < 1.29 is 14.2 Å². The molecule has 2 aromatic carbocycles. The lowest BCUT2D eigenvalue weighted by Gasteiger charge is -2.12. The van der Waals surface area contributed by atoms with E-state index in [1.165, 1.54) is 11.1 Å². The highest BCUT2D eigenvalue weighted by Crippen LogP contribution is 2.32. The van der Waals surface area contributed by atoms with Gasteiger partial charge < -0.3 is 24.8 Å². The van der Waals surface area contributed by atoms with Crippen LogP contribution in [0.5, 0.6) is 17.2 Å². The van der Waals surface area contributed by atoms with Crippen molar-refractivity contribution in [1.29, 1.82) is 0 Å². The number of ether oxygens (including phenoxy) is 3. The lowest BCUT2D eigenvalue weighted by molar-refractivity contribution is 0.174. The first-order valence-corrected chi connectivity index (χ1v) is 9.32. The minimum absolute atomic E-state index is 0. The number of hydrogen-bond acceptors (Lipinski definition) is 4. The number of aliphatic imine (C=N–C) groups is 1. The summed E-state index contributed by atoms with van der Waals surface area (Å²) in [5.41, 5.74) is 2.37. The van der Waals surface area contributed by atoms with Gasteiger partial charge >= 0.3 is 0 Å². The van der Waals surface area contributed by atoms with Crippen LogP contribution in [-0.4, -0.2) is 39.5 Å². The van der Waals surface area contributed by atoms with Crippen molar-refractivity contribution in [2.75, 3.05) is 33.5 Å². The van der Waals surface area contributed by atoms with Crippen molar-refractivity contribution in [3.05, 3.63) is 53.6 Å². The second-order valence-electron chi connectivity index (χ2n) is 6.19. The molecule has 2 N–H and O–H groups in total. The normalized spacial score (nSPS) is 12.3. The van der Waals surface area contributed by atoms with Gasteiger partial charge in [0.25, 0.3) is 0 Å². The summed E-state index contributed by atoms with van der Waals surface area (Å²) in [4.78, 5) is 4.67. The molecule has 3 rings (SSSR count). The third-order valence-electron chi connectivity index (χ3n) is 4.33. The van der Waals surface area contributed by atoms with Crippen LogP contribution in [0.25, 0.3) is 0 Å². The molecule has 0 amide bonds. The molecule has 1 heterocycles. The molecule has 0 spiro atoms. The molecule has 0 aromatic heterocycles. The Labute approximate surface area is 183 Å². The van der Waals surface area contributed by atoms with Crippen LogP contribution in [0.2, 0.25) is 0 Å². The fourth-order valence-electron chi connectivity index (χ4n) is 2.96. The Hall–Kier alpha value is -2.16. The van der Waals surface area contributed by atoms with E-state index in [9.17, 15) is 0 Å². The van der Waals surface area contributed by atoms with Crippen LogP contribution in [0.4, 0.5) is 0 Å². The van der Waals surface area contributed by atoms with Crippen LogP contribution < -0.4 is 24.8 Å². The largest absolute Gasteiger partial charge is 0.496 e. The van der Waals surface area contributed by atoms with Crippen LogP contribution >= 0.6 is 24.0 Å². The smallest absolute Gasteiger partial charge is 0.231 e. The van der Waals surface area contributed by atoms with Gasteiger partial charge in [0, 0.05) is 19.6 Å². The first kappa shape index (κ1) is 22.1. The standard InChI is InChI=1S/C21H27N3O3.HI/c1-3-22-21(24-13-11-17-6-4-5-7-18(17)25-2)23-12-10-16-8-9-19-20(14-16)27-15-26-19;/h4-9,14H,3,10-13,15H2,1-2H3,(H2,22,23,24);1H. The van der Waals surface area contributed by atoms with Gasteiger partial charge in [-0.15, -0.1) is 24.0 Å². The summed E-state index contributed by atoms with van der Waals surface area (Å²) in [6.45, 7) is 4.68. The average Bonchev–Trinajstić information content (AvgIpc) is 3.16. The molecule has 0 aliphatic carbocycles. The van der Waals surface area contributed by atoms with Gasteiger partial charge in [-0.1, -0.05) is 24.3 Å². The quantitative estimate of drug-likeness (QED) is 0.333. The second kappa shape index (κ2) is 11.6. The van der Waals surface area contributed by atoms with E-state index >= 15 is 0 Å². The first-order valence-electron chi connectivity index (χ1n) is 9.32. The van der Waals surface area contributed by atoms with E-state index in [-0.39, 0.29) is 24.0 Å². The molecule has 1 aliphatic heterocycles. The molecule has 1 aliphatic rings. The zero-order valence-corrected chi connectivity index (χ0v) is 18.7. The topological polar surface area (TPSA) is 64.1 Å². The van der Waals surface area contributed by atoms with Gasteiger partial charge in [0.15, 0.2) is 17.5 Å². The summed E-state index contributed by atoms with van der Waals surface area (Å²) in [6.07, 6.45) is 1.72. The molecule has 6 nitrogen and oxygen atoms in total. The fraction of sp³-hybridized carbons (Fsp3) is 0.381. The molecule has 0 saturated carbocycles. The number of guanidine groups is 1. The van der Waals surface area contributed by atoms with E-state index in [0.29, 0.717) is 13.3 Å². The number of methoxy groups -OCH3 is 1. The van der Waals surface area contributed by atoms with Gasteiger partial charge in [-0.05, 0) is 49.1 Å². The number of nitrogens with zero attached hydrogens (tertiary/aromatic N) is 1. The van der Waals surface area contributed by atoms with Gasteiger partial charge in [0.1, 0.15) is 5.75 Å². The van der Waals surface area contributed by atoms with E-state index in [1.807, 2.05) is 30.3 Å². The number of benzene rings is 2. The van der Waals surface area contributed by atoms with Crippen molar-refractivity contribution >= 4 is 29.9 Å². The Bertz CT molecular complexity index is 783. The van der Waals surface area contributed by atoms with E-state index in [4.69, 9.17) is 14.2 Å². The highest BCUT2D eigenvalue weighted by Gasteiger charge is 2.12. The lowest BCUT2D eigenvalue weighted by atomic mass is 10.1. The number of para-hydroxylation sites is 1. The number of hydrogen-bond donors (Lipinski definition) is 2. The molecule has 0 radical (unpaired) electrons. The molecule has 7 heteroatoms. The summed E-state index contributed by atoms with van der Waals surface area (Å²) in [5, 5.41) is 6.68. The lowest BCUT2D eigenvalue weighted by Crippen LogP contribution is -2.38. The molecule has 28 heavy (non-hydrogen) atoms. The van der Waals surface area contributed by atoms with Gasteiger partial charge in [0.2, 0.25) is 6.79 Å².